The third-order valence-electron chi connectivity index (χ3n) is 4.62. The molecule has 19 heavy (non-hydrogen) atoms. The van der Waals surface area contributed by atoms with Crippen LogP contribution < -0.4 is 0 Å². The number of carbonyl (C=O) groups is 1. The van der Waals surface area contributed by atoms with Crippen LogP contribution in [0.4, 0.5) is 0 Å². The second-order valence-corrected chi connectivity index (χ2v) is 6.17. The van der Waals surface area contributed by atoms with Crippen molar-refractivity contribution in [1.82, 2.24) is 14.7 Å². The van der Waals surface area contributed by atoms with Gasteiger partial charge in [0.2, 0.25) is 5.91 Å². The maximum atomic E-state index is 11.3. The molecule has 0 radical (unpaired) electrons. The van der Waals surface area contributed by atoms with E-state index in [1.807, 2.05) is 4.90 Å². The summed E-state index contributed by atoms with van der Waals surface area (Å²) in [6.45, 7) is 5.74. The first-order valence-corrected chi connectivity index (χ1v) is 7.46. The smallest absolute Gasteiger partial charge is 0.219 e. The van der Waals surface area contributed by atoms with Crippen LogP contribution in [0.15, 0.2) is 6.20 Å². The van der Waals surface area contributed by atoms with Crippen LogP contribution in [-0.4, -0.2) is 33.7 Å². The Morgan fingerprint density at radius 3 is 2.74 bits per heavy atom. The predicted octanol–water partition coefficient (Wildman–Crippen LogP) is 2.19. The van der Waals surface area contributed by atoms with Crippen molar-refractivity contribution in [2.24, 2.45) is 5.92 Å². The molecule has 1 aromatic rings. The molecule has 4 nitrogen and oxygen atoms in total. The van der Waals surface area contributed by atoms with Gasteiger partial charge in [0.25, 0.3) is 0 Å². The molecule has 1 unspecified atom stereocenters. The Labute approximate surface area is 114 Å². The molecule has 104 valence electrons. The molecule has 1 fully saturated rings. The zero-order chi connectivity index (χ0) is 13.4. The van der Waals surface area contributed by atoms with E-state index < -0.39 is 0 Å². The van der Waals surface area contributed by atoms with E-state index >= 15 is 0 Å². The summed E-state index contributed by atoms with van der Waals surface area (Å²) in [7, 11) is 0. The number of piperidine rings is 1. The fourth-order valence-corrected chi connectivity index (χ4v) is 3.34. The van der Waals surface area contributed by atoms with Gasteiger partial charge in [-0.15, -0.1) is 0 Å². The van der Waals surface area contributed by atoms with Crippen LogP contribution in [0.5, 0.6) is 0 Å². The molecule has 2 aliphatic rings. The zero-order valence-electron chi connectivity index (χ0n) is 11.9. The predicted molar refractivity (Wildman–Crippen MR) is 73.9 cm³/mol. The van der Waals surface area contributed by atoms with E-state index in [9.17, 15) is 4.79 Å². The minimum absolute atomic E-state index is 0.201. The Morgan fingerprint density at radius 1 is 1.32 bits per heavy atom. The first-order chi connectivity index (χ1) is 9.13. The number of hydrogen-bond donors (Lipinski definition) is 0. The average Bonchev–Trinajstić information content (AvgIpc) is 2.81. The van der Waals surface area contributed by atoms with Crippen molar-refractivity contribution >= 4 is 5.91 Å². The summed E-state index contributed by atoms with van der Waals surface area (Å²) in [5.74, 6) is 0.997. The van der Waals surface area contributed by atoms with Crippen LogP contribution in [0.2, 0.25) is 0 Å². The molecule has 0 aromatic carbocycles. The van der Waals surface area contributed by atoms with Gasteiger partial charge in [-0.2, -0.15) is 5.10 Å². The Morgan fingerprint density at radius 2 is 2.05 bits per heavy atom. The summed E-state index contributed by atoms with van der Waals surface area (Å²) >= 11 is 0. The van der Waals surface area contributed by atoms with Gasteiger partial charge < -0.3 is 4.90 Å². The molecular formula is C15H23N3O. The van der Waals surface area contributed by atoms with E-state index in [1.54, 1.807) is 6.92 Å². The largest absolute Gasteiger partial charge is 0.343 e. The highest BCUT2D eigenvalue weighted by molar-refractivity contribution is 5.73. The van der Waals surface area contributed by atoms with E-state index in [4.69, 9.17) is 5.10 Å². The van der Waals surface area contributed by atoms with Crippen LogP contribution in [0.25, 0.3) is 0 Å². The zero-order valence-corrected chi connectivity index (χ0v) is 11.9. The summed E-state index contributed by atoms with van der Waals surface area (Å²) in [5.41, 5.74) is 2.76. The number of aryl methyl sites for hydroxylation is 1. The van der Waals surface area contributed by atoms with Gasteiger partial charge in [-0.05, 0) is 43.6 Å². The molecule has 1 aromatic heterocycles. The average molecular weight is 261 g/mol. The molecule has 1 amide bonds. The molecule has 1 atom stereocenters. The van der Waals surface area contributed by atoms with Gasteiger partial charge in [0.15, 0.2) is 0 Å². The second kappa shape index (κ2) is 4.99. The fraction of sp³-hybridized carbons (Fsp3) is 0.733. The Hall–Kier alpha value is -1.32. The topological polar surface area (TPSA) is 38.1 Å². The number of rotatable bonds is 1. The van der Waals surface area contributed by atoms with Crippen LogP contribution in [0, 0.1) is 5.92 Å². The summed E-state index contributed by atoms with van der Waals surface area (Å²) in [5, 5.41) is 4.79. The fourth-order valence-electron chi connectivity index (χ4n) is 3.34. The quantitative estimate of drug-likeness (QED) is 0.777. The maximum absolute atomic E-state index is 11.3. The van der Waals surface area contributed by atoms with Crippen LogP contribution in [0.1, 0.15) is 50.4 Å². The highest BCUT2D eigenvalue weighted by Crippen LogP contribution is 2.28. The molecule has 1 saturated heterocycles. The maximum Gasteiger partial charge on any atom is 0.219 e. The number of carbonyl (C=O) groups excluding carboxylic acids is 1. The molecule has 0 bridgehead atoms. The van der Waals surface area contributed by atoms with Crippen LogP contribution in [-0.2, 0) is 17.6 Å². The third kappa shape index (κ3) is 2.53. The first-order valence-electron chi connectivity index (χ1n) is 7.46. The van der Waals surface area contributed by atoms with Gasteiger partial charge in [0, 0.05) is 26.2 Å². The minimum Gasteiger partial charge on any atom is -0.343 e. The van der Waals surface area contributed by atoms with Gasteiger partial charge in [-0.3, -0.25) is 9.48 Å². The Kier molecular flexibility index (Phi) is 3.33. The molecule has 0 spiro atoms. The van der Waals surface area contributed by atoms with Crippen LogP contribution in [0.3, 0.4) is 0 Å². The molecular weight excluding hydrogens is 238 g/mol. The second-order valence-electron chi connectivity index (χ2n) is 6.17. The molecule has 1 aliphatic carbocycles. The summed E-state index contributed by atoms with van der Waals surface area (Å²) in [6.07, 6.45) is 7.93. The van der Waals surface area contributed by atoms with Gasteiger partial charge in [-0.25, -0.2) is 0 Å². The third-order valence-corrected chi connectivity index (χ3v) is 4.62. The Bertz CT molecular complexity index is 472. The number of nitrogens with zero attached hydrogens (tertiary/aromatic N) is 3. The van der Waals surface area contributed by atoms with Gasteiger partial charge >= 0.3 is 0 Å². The standard InChI is InChI=1S/C15H23N3O/c1-11-3-4-15-13(9-11)10-18(16-15)14-5-7-17(8-6-14)12(2)19/h10-11,14H,3-9H2,1-2H3. The number of amides is 1. The van der Waals surface area contributed by atoms with Gasteiger partial charge in [0.1, 0.15) is 0 Å². The molecule has 3 rings (SSSR count). The van der Waals surface area contributed by atoms with E-state index in [0.717, 1.165) is 38.3 Å². The number of fused-ring (bicyclic) bond motifs is 1. The lowest BCUT2D eigenvalue weighted by Crippen LogP contribution is -2.37. The van der Waals surface area contributed by atoms with Crippen LogP contribution >= 0.6 is 0 Å². The lowest BCUT2D eigenvalue weighted by atomic mass is 9.89. The van der Waals surface area contributed by atoms with Crippen molar-refractivity contribution in [3.63, 3.8) is 0 Å². The van der Waals surface area contributed by atoms with E-state index in [0.29, 0.717) is 6.04 Å². The van der Waals surface area contributed by atoms with E-state index in [1.165, 1.54) is 24.1 Å². The monoisotopic (exact) mass is 261 g/mol. The lowest BCUT2D eigenvalue weighted by molar-refractivity contribution is -0.130. The molecule has 0 saturated carbocycles. The number of likely N-dealkylation sites (tertiary alicyclic amines) is 1. The summed E-state index contributed by atoms with van der Waals surface area (Å²) < 4.78 is 2.18. The number of hydrogen-bond acceptors (Lipinski definition) is 2. The van der Waals surface area contributed by atoms with Crippen molar-refractivity contribution in [3.05, 3.63) is 17.5 Å². The van der Waals surface area contributed by atoms with Crippen molar-refractivity contribution in [3.8, 4) is 0 Å². The highest BCUT2D eigenvalue weighted by Gasteiger charge is 2.25. The van der Waals surface area contributed by atoms with Gasteiger partial charge in [0.05, 0.1) is 11.7 Å². The molecule has 1 aliphatic heterocycles. The highest BCUT2D eigenvalue weighted by atomic mass is 16.2. The van der Waals surface area contributed by atoms with Gasteiger partial charge in [-0.1, -0.05) is 6.92 Å². The molecule has 4 heteroatoms. The van der Waals surface area contributed by atoms with Crippen molar-refractivity contribution < 1.29 is 4.79 Å². The van der Waals surface area contributed by atoms with E-state index in [2.05, 4.69) is 17.8 Å². The van der Waals surface area contributed by atoms with Crippen molar-refractivity contribution in [1.29, 1.82) is 0 Å². The summed E-state index contributed by atoms with van der Waals surface area (Å²) in [6, 6.07) is 0.483. The van der Waals surface area contributed by atoms with E-state index in [-0.39, 0.29) is 5.91 Å². The van der Waals surface area contributed by atoms with Crippen molar-refractivity contribution in [2.75, 3.05) is 13.1 Å². The summed E-state index contributed by atoms with van der Waals surface area (Å²) in [4.78, 5) is 13.3. The first kappa shape index (κ1) is 12.7. The molecule has 0 N–H and O–H groups in total. The number of aromatic nitrogens is 2. The molecule has 2 heterocycles. The van der Waals surface area contributed by atoms with Crippen molar-refractivity contribution in [2.45, 2.75) is 52.0 Å². The SMILES string of the molecule is CC(=O)N1CCC(n2cc3c(n2)CCC(C)C3)CC1. The normalized spacial score (nSPS) is 24.3. The lowest BCUT2D eigenvalue weighted by Gasteiger charge is -2.31. The Balaban J connectivity index is 1.69. The minimum atomic E-state index is 0.201.